The van der Waals surface area contributed by atoms with Gasteiger partial charge in [0, 0.05) is 18.2 Å². The molecule has 3 rings (SSSR count). The maximum Gasteiger partial charge on any atom is 0.312 e. The van der Waals surface area contributed by atoms with E-state index in [2.05, 4.69) is 0 Å². The topological polar surface area (TPSA) is 103 Å². The van der Waals surface area contributed by atoms with Crippen LogP contribution < -0.4 is 15.9 Å². The van der Waals surface area contributed by atoms with E-state index in [1.54, 1.807) is 12.1 Å². The van der Waals surface area contributed by atoms with Crippen molar-refractivity contribution in [2.45, 2.75) is 6.42 Å². The fraction of sp³-hybridized carbons (Fsp3) is 0.111. The Labute approximate surface area is 137 Å². The SMILES string of the molecule is NCCC(=O)Oc1c(O)ccc2c(=O)cc(-c3ccccc3)oc12. The van der Waals surface area contributed by atoms with Crippen LogP contribution in [0.4, 0.5) is 0 Å². The summed E-state index contributed by atoms with van der Waals surface area (Å²) in [6, 6.07) is 13.1. The molecule has 2 aromatic carbocycles. The third-order valence-corrected chi connectivity index (χ3v) is 3.45. The minimum Gasteiger partial charge on any atom is -0.504 e. The van der Waals surface area contributed by atoms with Crippen molar-refractivity contribution in [3.8, 4) is 22.8 Å². The molecule has 0 radical (unpaired) electrons. The molecule has 0 unspecified atom stereocenters. The molecule has 1 heterocycles. The van der Waals surface area contributed by atoms with Gasteiger partial charge in [-0.2, -0.15) is 0 Å². The van der Waals surface area contributed by atoms with Gasteiger partial charge in [-0.15, -0.1) is 0 Å². The molecule has 0 fully saturated rings. The van der Waals surface area contributed by atoms with E-state index in [1.807, 2.05) is 18.2 Å². The second kappa shape index (κ2) is 6.55. The second-order valence-electron chi connectivity index (χ2n) is 5.14. The molecule has 0 saturated carbocycles. The van der Waals surface area contributed by atoms with Crippen LogP contribution in [0.1, 0.15) is 6.42 Å². The Bertz CT molecular complexity index is 947. The lowest BCUT2D eigenvalue weighted by molar-refractivity contribution is -0.134. The number of carbonyl (C=O) groups excluding carboxylic acids is 1. The fourth-order valence-electron chi connectivity index (χ4n) is 2.31. The fourth-order valence-corrected chi connectivity index (χ4v) is 2.31. The smallest absolute Gasteiger partial charge is 0.312 e. The molecule has 6 heteroatoms. The Morgan fingerprint density at radius 1 is 1.17 bits per heavy atom. The third kappa shape index (κ3) is 3.00. The molecule has 0 bridgehead atoms. The van der Waals surface area contributed by atoms with Crippen LogP contribution in [0.25, 0.3) is 22.3 Å². The summed E-state index contributed by atoms with van der Waals surface area (Å²) >= 11 is 0. The average Bonchev–Trinajstić information content (AvgIpc) is 2.58. The summed E-state index contributed by atoms with van der Waals surface area (Å²) in [5, 5.41) is 10.2. The van der Waals surface area contributed by atoms with Crippen LogP contribution in [0.15, 0.2) is 57.7 Å². The van der Waals surface area contributed by atoms with E-state index in [0.717, 1.165) is 0 Å². The van der Waals surface area contributed by atoms with Crippen molar-refractivity contribution in [3.05, 3.63) is 58.8 Å². The maximum atomic E-state index is 12.3. The summed E-state index contributed by atoms with van der Waals surface area (Å²) in [4.78, 5) is 24.1. The number of phenolic OH excluding ortho intramolecular Hbond substituents is 1. The molecular weight excluding hydrogens is 310 g/mol. The van der Waals surface area contributed by atoms with Gasteiger partial charge in [-0.3, -0.25) is 9.59 Å². The largest absolute Gasteiger partial charge is 0.504 e. The summed E-state index contributed by atoms with van der Waals surface area (Å²) in [5.41, 5.74) is 5.74. The highest BCUT2D eigenvalue weighted by Crippen LogP contribution is 2.35. The zero-order valence-corrected chi connectivity index (χ0v) is 12.7. The first-order chi connectivity index (χ1) is 11.6. The summed E-state index contributed by atoms with van der Waals surface area (Å²) in [5.74, 6) is -0.773. The number of nitrogens with two attached hydrogens (primary N) is 1. The summed E-state index contributed by atoms with van der Waals surface area (Å²) in [6.07, 6.45) is -0.0154. The van der Waals surface area contributed by atoms with Gasteiger partial charge in [0.05, 0.1) is 11.8 Å². The molecule has 24 heavy (non-hydrogen) atoms. The number of phenols is 1. The van der Waals surface area contributed by atoms with E-state index in [0.29, 0.717) is 11.3 Å². The van der Waals surface area contributed by atoms with Crippen LogP contribution in [0.5, 0.6) is 11.5 Å². The number of aromatic hydroxyl groups is 1. The van der Waals surface area contributed by atoms with E-state index < -0.39 is 5.97 Å². The highest BCUT2D eigenvalue weighted by atomic mass is 16.5. The Morgan fingerprint density at radius 2 is 1.92 bits per heavy atom. The number of hydrogen-bond acceptors (Lipinski definition) is 6. The Hall–Kier alpha value is -3.12. The van der Waals surface area contributed by atoms with Gasteiger partial charge >= 0.3 is 5.97 Å². The lowest BCUT2D eigenvalue weighted by Crippen LogP contribution is -2.14. The zero-order valence-electron chi connectivity index (χ0n) is 12.7. The monoisotopic (exact) mass is 325 g/mol. The van der Waals surface area contributed by atoms with E-state index in [-0.39, 0.29) is 40.9 Å². The Morgan fingerprint density at radius 3 is 2.62 bits per heavy atom. The van der Waals surface area contributed by atoms with Crippen molar-refractivity contribution in [2.75, 3.05) is 6.54 Å². The lowest BCUT2D eigenvalue weighted by atomic mass is 10.1. The molecule has 0 aliphatic rings. The Balaban J connectivity index is 2.20. The first-order valence-corrected chi connectivity index (χ1v) is 7.36. The van der Waals surface area contributed by atoms with E-state index in [9.17, 15) is 14.7 Å². The van der Waals surface area contributed by atoms with Gasteiger partial charge in [0.25, 0.3) is 0 Å². The van der Waals surface area contributed by atoms with Gasteiger partial charge < -0.3 is 20.0 Å². The van der Waals surface area contributed by atoms with Crippen molar-refractivity contribution in [1.82, 2.24) is 0 Å². The number of rotatable bonds is 4. The van der Waals surface area contributed by atoms with Crippen molar-refractivity contribution in [2.24, 2.45) is 5.73 Å². The van der Waals surface area contributed by atoms with Gasteiger partial charge in [0.2, 0.25) is 5.75 Å². The predicted molar refractivity (Wildman–Crippen MR) is 88.9 cm³/mol. The maximum absolute atomic E-state index is 12.3. The minimum atomic E-state index is -0.618. The number of benzene rings is 2. The summed E-state index contributed by atoms with van der Waals surface area (Å²) in [7, 11) is 0. The average molecular weight is 325 g/mol. The first-order valence-electron chi connectivity index (χ1n) is 7.36. The molecule has 3 N–H and O–H groups in total. The molecule has 0 aliphatic heterocycles. The van der Waals surface area contributed by atoms with Gasteiger partial charge in [0.15, 0.2) is 16.8 Å². The quantitative estimate of drug-likeness (QED) is 0.564. The van der Waals surface area contributed by atoms with Crippen molar-refractivity contribution >= 4 is 16.9 Å². The van der Waals surface area contributed by atoms with E-state index in [1.165, 1.54) is 18.2 Å². The molecular formula is C18H15NO5. The van der Waals surface area contributed by atoms with Crippen molar-refractivity contribution < 1.29 is 19.1 Å². The molecule has 0 spiro atoms. The summed E-state index contributed by atoms with van der Waals surface area (Å²) in [6.45, 7) is 0.115. The number of carbonyl (C=O) groups is 1. The molecule has 0 aliphatic carbocycles. The first kappa shape index (κ1) is 15.8. The minimum absolute atomic E-state index is 0.0154. The van der Waals surface area contributed by atoms with Crippen LogP contribution in [-0.2, 0) is 4.79 Å². The number of esters is 1. The van der Waals surface area contributed by atoms with Gasteiger partial charge in [-0.1, -0.05) is 30.3 Å². The number of hydrogen-bond donors (Lipinski definition) is 2. The number of ether oxygens (including phenoxy) is 1. The highest BCUT2D eigenvalue weighted by molar-refractivity contribution is 5.89. The Kier molecular flexibility index (Phi) is 4.31. The van der Waals surface area contributed by atoms with Gasteiger partial charge in [-0.25, -0.2) is 0 Å². The molecule has 3 aromatic rings. The molecule has 122 valence electrons. The summed E-state index contributed by atoms with van der Waals surface area (Å²) < 4.78 is 10.9. The van der Waals surface area contributed by atoms with Crippen LogP contribution in [0.2, 0.25) is 0 Å². The van der Waals surface area contributed by atoms with E-state index >= 15 is 0 Å². The van der Waals surface area contributed by atoms with Crippen molar-refractivity contribution in [3.63, 3.8) is 0 Å². The third-order valence-electron chi connectivity index (χ3n) is 3.45. The van der Waals surface area contributed by atoms with Crippen LogP contribution in [-0.4, -0.2) is 17.6 Å². The zero-order chi connectivity index (χ0) is 17.1. The van der Waals surface area contributed by atoms with Crippen LogP contribution in [0.3, 0.4) is 0 Å². The molecule has 1 aromatic heterocycles. The molecule has 0 atom stereocenters. The van der Waals surface area contributed by atoms with Gasteiger partial charge in [-0.05, 0) is 12.1 Å². The predicted octanol–water partition coefficient (Wildman–Crippen LogP) is 2.42. The molecule has 0 amide bonds. The van der Waals surface area contributed by atoms with Gasteiger partial charge in [0.1, 0.15) is 5.76 Å². The van der Waals surface area contributed by atoms with Crippen LogP contribution in [0, 0.1) is 0 Å². The van der Waals surface area contributed by atoms with Crippen molar-refractivity contribution in [1.29, 1.82) is 0 Å². The van der Waals surface area contributed by atoms with E-state index in [4.69, 9.17) is 14.9 Å². The molecule has 0 saturated heterocycles. The molecule has 6 nitrogen and oxygen atoms in total. The highest BCUT2D eigenvalue weighted by Gasteiger charge is 2.18. The van der Waals surface area contributed by atoms with Crippen LogP contribution >= 0.6 is 0 Å². The lowest BCUT2D eigenvalue weighted by Gasteiger charge is -2.10. The second-order valence-corrected chi connectivity index (χ2v) is 5.14. The number of fused-ring (bicyclic) bond motifs is 1. The normalized spacial score (nSPS) is 10.7. The standard InChI is InChI=1S/C18H15NO5/c19-9-8-16(22)24-18-13(20)7-6-12-14(21)10-15(23-17(12)18)11-4-2-1-3-5-11/h1-7,10,20H,8-9,19H2.